The fraction of sp³-hybridized carbons (Fsp3) is 0.735. The number of rotatable bonds is 10. The second-order valence-electron chi connectivity index (χ2n) is 13.9. The Morgan fingerprint density at radius 2 is 1.91 bits per heavy atom. The molecule has 4 bridgehead atoms. The van der Waals surface area contributed by atoms with Gasteiger partial charge in [0.25, 0.3) is 0 Å². The molecule has 1 heterocycles. The Labute approximate surface area is 254 Å². The van der Waals surface area contributed by atoms with Crippen molar-refractivity contribution in [1.82, 2.24) is 0 Å². The first kappa shape index (κ1) is 32.1. The fourth-order valence-corrected chi connectivity index (χ4v) is 9.98. The molecular formula is C34H48O9. The molecule has 9 nitrogen and oxygen atoms in total. The van der Waals surface area contributed by atoms with Gasteiger partial charge in [-0.15, -0.1) is 0 Å². The van der Waals surface area contributed by atoms with Crippen molar-refractivity contribution in [2.45, 2.75) is 97.9 Å². The van der Waals surface area contributed by atoms with Crippen molar-refractivity contribution < 1.29 is 43.5 Å². The number of aliphatic hydroxyl groups is 1. The minimum Gasteiger partial charge on any atom is -0.481 e. The van der Waals surface area contributed by atoms with E-state index in [0.29, 0.717) is 24.3 Å². The van der Waals surface area contributed by atoms with Crippen molar-refractivity contribution in [1.29, 1.82) is 0 Å². The van der Waals surface area contributed by atoms with Gasteiger partial charge in [0.2, 0.25) is 0 Å². The molecule has 12 atom stereocenters. The summed E-state index contributed by atoms with van der Waals surface area (Å²) in [5.41, 5.74) is -2.10. The van der Waals surface area contributed by atoms with Crippen molar-refractivity contribution >= 4 is 18.2 Å². The summed E-state index contributed by atoms with van der Waals surface area (Å²) in [5, 5.41) is 22.7. The number of ether oxygens (including phenoxy) is 4. The molecule has 4 aliphatic carbocycles. The van der Waals surface area contributed by atoms with Crippen LogP contribution >= 0.6 is 0 Å². The van der Waals surface area contributed by atoms with Crippen molar-refractivity contribution in [2.75, 3.05) is 13.7 Å². The van der Waals surface area contributed by atoms with E-state index < -0.39 is 58.9 Å². The highest BCUT2D eigenvalue weighted by atomic mass is 16.7. The van der Waals surface area contributed by atoms with E-state index in [9.17, 15) is 24.6 Å². The molecule has 2 N–H and O–H groups in total. The number of methoxy groups -OCH3 is 1. The molecule has 0 aromatic carbocycles. The van der Waals surface area contributed by atoms with Crippen LogP contribution in [0.15, 0.2) is 35.5 Å². The predicted octanol–water partition coefficient (Wildman–Crippen LogP) is 4.48. The topological polar surface area (TPSA) is 129 Å². The average Bonchev–Trinajstić information content (AvgIpc) is 3.54. The van der Waals surface area contributed by atoms with Gasteiger partial charge in [0.05, 0.1) is 18.1 Å². The Bertz CT molecular complexity index is 1220. The van der Waals surface area contributed by atoms with Gasteiger partial charge in [0, 0.05) is 18.1 Å². The van der Waals surface area contributed by atoms with Crippen molar-refractivity contribution in [3.05, 3.63) is 35.5 Å². The summed E-state index contributed by atoms with van der Waals surface area (Å²) >= 11 is 0. The van der Waals surface area contributed by atoms with E-state index in [0.717, 1.165) is 24.7 Å². The van der Waals surface area contributed by atoms with Crippen LogP contribution in [-0.4, -0.2) is 72.9 Å². The minimum absolute atomic E-state index is 0.00476. The molecule has 0 aromatic rings. The molecule has 0 spiro atoms. The van der Waals surface area contributed by atoms with Crippen LogP contribution in [0.5, 0.6) is 0 Å². The van der Waals surface area contributed by atoms with Gasteiger partial charge in [-0.25, -0.2) is 4.79 Å². The molecule has 0 radical (unpaired) electrons. The number of hydrogen-bond donors (Lipinski definition) is 2. The van der Waals surface area contributed by atoms with Gasteiger partial charge in [-0.2, -0.15) is 0 Å². The van der Waals surface area contributed by atoms with Crippen molar-refractivity contribution in [2.24, 2.45) is 45.8 Å². The Morgan fingerprint density at radius 1 is 1.19 bits per heavy atom. The number of hydrogen-bond acceptors (Lipinski definition) is 8. The smallest absolute Gasteiger partial charge is 0.334 e. The van der Waals surface area contributed by atoms with E-state index in [4.69, 9.17) is 18.9 Å². The number of carbonyl (C=O) groups excluding carboxylic acids is 2. The van der Waals surface area contributed by atoms with Gasteiger partial charge in [-0.05, 0) is 69.6 Å². The summed E-state index contributed by atoms with van der Waals surface area (Å²) in [6.45, 7) is 11.4. The monoisotopic (exact) mass is 600 g/mol. The molecule has 0 aromatic heterocycles. The number of carboxylic acids is 1. The number of esters is 1. The molecule has 1 aliphatic heterocycles. The first-order chi connectivity index (χ1) is 20.4. The maximum Gasteiger partial charge on any atom is 0.334 e. The standard InChI is InChI=1S/C34H48O9/c1-8-9-10-20(5)29(37)43-28-26(36)30(42-21(6)27(28)40-7)41-17-33-15-23-19(4)11-12-24(23)32(16-35)14-22(33)13-25(18(2)3)34(32,33)31(38)39/h8-10,13,16,18-19,21-24,26-28,30,36H,11-12,14-15,17H2,1-7H3,(H,38,39)/b9-8-,20-10+/t19-,21-,22+,23-,24-,26+,27-,28+,30-,32+,33+,34+/m1/s1. The number of allylic oxidation sites excluding steroid dienone is 4. The summed E-state index contributed by atoms with van der Waals surface area (Å²) < 4.78 is 23.9. The van der Waals surface area contributed by atoms with Crippen LogP contribution in [0.1, 0.15) is 67.2 Å². The number of carbonyl (C=O) groups is 3. The van der Waals surface area contributed by atoms with Crippen molar-refractivity contribution in [3.8, 4) is 0 Å². The first-order valence-corrected chi connectivity index (χ1v) is 15.8. The molecule has 5 rings (SSSR count). The summed E-state index contributed by atoms with van der Waals surface area (Å²) in [5.74, 6) is -1.17. The zero-order chi connectivity index (χ0) is 31.5. The van der Waals surface area contributed by atoms with Gasteiger partial charge in [-0.1, -0.05) is 57.1 Å². The van der Waals surface area contributed by atoms with Gasteiger partial charge >= 0.3 is 11.9 Å². The zero-order valence-electron chi connectivity index (χ0n) is 26.4. The Morgan fingerprint density at radius 3 is 2.51 bits per heavy atom. The summed E-state index contributed by atoms with van der Waals surface area (Å²) in [6.07, 6.45) is 6.21. The van der Waals surface area contributed by atoms with Crippen molar-refractivity contribution in [3.63, 3.8) is 0 Å². The van der Waals surface area contributed by atoms with Gasteiger partial charge < -0.3 is 34.0 Å². The van der Waals surface area contributed by atoms with E-state index in [1.165, 1.54) is 7.11 Å². The summed E-state index contributed by atoms with van der Waals surface area (Å²) in [7, 11) is 1.47. The first-order valence-electron chi connectivity index (χ1n) is 15.8. The SMILES string of the molecule is C/C=C\C=C(/C)C(=O)O[C@H]1[C@H](O)[C@H](OC[C@@]23C[C@@H]4[C@H](C)CC[C@H]4[C@@]4(C=O)C[C@@H]2C=C(C(C)C)[C@@]34C(=O)O)O[C@H](C)[C@H]1OC. The number of carboxylic acid groups (broad SMARTS) is 1. The highest BCUT2D eigenvalue weighted by molar-refractivity contribution is 5.90. The Balaban J connectivity index is 1.49. The predicted molar refractivity (Wildman–Crippen MR) is 158 cm³/mol. The third kappa shape index (κ3) is 4.36. The molecule has 43 heavy (non-hydrogen) atoms. The maximum absolute atomic E-state index is 13.7. The number of aliphatic carboxylic acids is 1. The maximum atomic E-state index is 13.7. The highest BCUT2D eigenvalue weighted by Crippen LogP contribution is 2.82. The van der Waals surface area contributed by atoms with E-state index in [2.05, 4.69) is 13.0 Å². The third-order valence-corrected chi connectivity index (χ3v) is 11.8. The van der Waals surface area contributed by atoms with E-state index in [1.807, 2.05) is 20.8 Å². The Kier molecular flexibility index (Phi) is 8.61. The van der Waals surface area contributed by atoms with Gasteiger partial charge in [0.15, 0.2) is 12.4 Å². The molecule has 9 heteroatoms. The van der Waals surface area contributed by atoms with E-state index in [1.54, 1.807) is 32.1 Å². The highest BCUT2D eigenvalue weighted by Gasteiger charge is 2.84. The number of fused-ring (bicyclic) bond motifs is 2. The third-order valence-electron chi connectivity index (χ3n) is 11.8. The normalized spacial score (nSPS) is 45.4. The molecule has 1 saturated heterocycles. The van der Waals surface area contributed by atoms with Gasteiger partial charge in [-0.3, -0.25) is 4.79 Å². The van der Waals surface area contributed by atoms with E-state index >= 15 is 0 Å². The lowest BCUT2D eigenvalue weighted by atomic mass is 9.43. The molecule has 238 valence electrons. The van der Waals surface area contributed by atoms with Crippen LogP contribution in [0, 0.1) is 45.8 Å². The molecular weight excluding hydrogens is 552 g/mol. The van der Waals surface area contributed by atoms with Gasteiger partial charge in [0.1, 0.15) is 23.9 Å². The van der Waals surface area contributed by atoms with Crippen LogP contribution in [-0.2, 0) is 33.3 Å². The number of aldehydes is 1. The second kappa shape index (κ2) is 11.5. The van der Waals surface area contributed by atoms with Crippen LogP contribution in [0.25, 0.3) is 0 Å². The lowest BCUT2D eigenvalue weighted by Crippen LogP contribution is -2.64. The molecule has 0 amide bonds. The molecule has 0 unspecified atom stereocenters. The quantitative estimate of drug-likeness (QED) is 0.123. The summed E-state index contributed by atoms with van der Waals surface area (Å²) in [6, 6.07) is 0. The fourth-order valence-electron chi connectivity index (χ4n) is 9.98. The van der Waals surface area contributed by atoms with Crippen LogP contribution in [0.2, 0.25) is 0 Å². The molecule has 4 fully saturated rings. The van der Waals surface area contributed by atoms with E-state index in [-0.39, 0.29) is 30.3 Å². The van der Waals surface area contributed by atoms with Crippen LogP contribution < -0.4 is 0 Å². The van der Waals surface area contributed by atoms with Crippen LogP contribution in [0.3, 0.4) is 0 Å². The molecule has 5 aliphatic rings. The largest absolute Gasteiger partial charge is 0.481 e. The molecule has 3 saturated carbocycles. The second-order valence-corrected chi connectivity index (χ2v) is 13.9. The number of aliphatic hydroxyl groups excluding tert-OH is 1. The lowest BCUT2D eigenvalue weighted by molar-refractivity contribution is -0.308. The lowest BCUT2D eigenvalue weighted by Gasteiger charge is -2.58. The average molecular weight is 601 g/mol. The Hall–Kier alpha value is -2.33. The minimum atomic E-state index is -1.40. The summed E-state index contributed by atoms with van der Waals surface area (Å²) in [4.78, 5) is 39.8. The zero-order valence-corrected chi connectivity index (χ0v) is 26.4. The van der Waals surface area contributed by atoms with Crippen LogP contribution in [0.4, 0.5) is 0 Å².